The molecule has 1 aromatic rings. The van der Waals surface area contributed by atoms with Gasteiger partial charge in [0.2, 0.25) is 5.91 Å². The number of rotatable bonds is 2. The zero-order valence-corrected chi connectivity index (χ0v) is 17.0. The average molecular weight is 412 g/mol. The average Bonchev–Trinajstić information content (AvgIpc) is 2.90. The summed E-state index contributed by atoms with van der Waals surface area (Å²) in [5.74, 6) is -0.756. The Bertz CT molecular complexity index is 751. The predicted octanol–water partition coefficient (Wildman–Crippen LogP) is 4.37. The summed E-state index contributed by atoms with van der Waals surface area (Å²) in [7, 11) is 0. The smallest absolute Gasteiger partial charge is 0.417 e. The van der Waals surface area contributed by atoms with Gasteiger partial charge in [0.1, 0.15) is 11.6 Å². The van der Waals surface area contributed by atoms with Gasteiger partial charge in [-0.3, -0.25) is 9.69 Å². The molecule has 0 N–H and O–H groups in total. The van der Waals surface area contributed by atoms with Gasteiger partial charge in [0.25, 0.3) is 0 Å². The number of alkyl halides is 3. The van der Waals surface area contributed by atoms with E-state index >= 15 is 0 Å². The number of ether oxygens (including phenoxy) is 1. The first-order valence-corrected chi connectivity index (χ1v) is 9.81. The van der Waals surface area contributed by atoms with Gasteiger partial charge in [-0.05, 0) is 58.7 Å². The van der Waals surface area contributed by atoms with Crippen LogP contribution in [0.2, 0.25) is 0 Å². The fourth-order valence-electron chi connectivity index (χ4n) is 4.13. The Morgan fingerprint density at radius 2 is 1.72 bits per heavy atom. The van der Waals surface area contributed by atoms with Gasteiger partial charge < -0.3 is 4.74 Å². The van der Waals surface area contributed by atoms with Gasteiger partial charge >= 0.3 is 12.3 Å². The molecule has 2 fully saturated rings. The van der Waals surface area contributed by atoms with Crippen molar-refractivity contribution in [3.8, 4) is 0 Å². The van der Waals surface area contributed by atoms with Gasteiger partial charge in [-0.1, -0.05) is 30.3 Å². The van der Waals surface area contributed by atoms with Crippen molar-refractivity contribution in [2.24, 2.45) is 5.41 Å². The number of benzene rings is 1. The van der Waals surface area contributed by atoms with Crippen LogP contribution in [0.3, 0.4) is 0 Å². The third-order valence-corrected chi connectivity index (χ3v) is 5.60. The van der Waals surface area contributed by atoms with Crippen LogP contribution in [0.5, 0.6) is 0 Å². The Labute approximate surface area is 168 Å². The first-order chi connectivity index (χ1) is 13.4. The summed E-state index contributed by atoms with van der Waals surface area (Å²) in [6.45, 7) is 6.38. The van der Waals surface area contributed by atoms with E-state index in [1.165, 1.54) is 0 Å². The number of nitrogens with zero attached hydrogens (tertiary/aromatic N) is 2. The molecular weight excluding hydrogens is 385 g/mol. The molecule has 1 spiro atoms. The summed E-state index contributed by atoms with van der Waals surface area (Å²) in [4.78, 5) is 27.9. The molecule has 2 aliphatic rings. The zero-order valence-electron chi connectivity index (χ0n) is 17.0. The minimum Gasteiger partial charge on any atom is -0.443 e. The second kappa shape index (κ2) is 7.63. The Balaban J connectivity index is 1.75. The van der Waals surface area contributed by atoms with Crippen LogP contribution in [-0.2, 0) is 16.1 Å². The van der Waals surface area contributed by atoms with Gasteiger partial charge in [0.05, 0.1) is 5.41 Å². The Hall–Kier alpha value is -2.09. The highest BCUT2D eigenvalue weighted by Gasteiger charge is 2.62. The van der Waals surface area contributed by atoms with Gasteiger partial charge in [-0.2, -0.15) is 13.2 Å². The van der Waals surface area contributed by atoms with Crippen molar-refractivity contribution in [3.05, 3.63) is 35.9 Å². The van der Waals surface area contributed by atoms with E-state index in [1.807, 2.05) is 30.3 Å². The molecule has 0 aliphatic carbocycles. The van der Waals surface area contributed by atoms with Crippen molar-refractivity contribution in [1.82, 2.24) is 9.80 Å². The zero-order chi connectivity index (χ0) is 21.4. The molecule has 160 valence electrons. The highest BCUT2D eigenvalue weighted by molar-refractivity contribution is 5.98. The molecule has 2 aliphatic heterocycles. The van der Waals surface area contributed by atoms with E-state index in [2.05, 4.69) is 4.90 Å². The number of hydrogen-bond donors (Lipinski definition) is 0. The van der Waals surface area contributed by atoms with Crippen molar-refractivity contribution in [2.45, 2.75) is 64.4 Å². The molecule has 2 heterocycles. The van der Waals surface area contributed by atoms with Crippen LogP contribution >= 0.6 is 0 Å². The van der Waals surface area contributed by atoms with Crippen LogP contribution in [0.15, 0.2) is 30.3 Å². The molecular formula is C21H27F3N2O3. The van der Waals surface area contributed by atoms with E-state index in [9.17, 15) is 22.8 Å². The van der Waals surface area contributed by atoms with Crippen LogP contribution in [-0.4, -0.2) is 52.7 Å². The largest absolute Gasteiger partial charge is 0.443 e. The van der Waals surface area contributed by atoms with Crippen LogP contribution < -0.4 is 0 Å². The van der Waals surface area contributed by atoms with E-state index in [0.29, 0.717) is 37.4 Å². The second-order valence-electron chi connectivity index (χ2n) is 8.96. The first-order valence-electron chi connectivity index (χ1n) is 9.81. The molecule has 0 bridgehead atoms. The summed E-state index contributed by atoms with van der Waals surface area (Å²) < 4.78 is 46.1. The molecule has 0 aromatic heterocycles. The fourth-order valence-corrected chi connectivity index (χ4v) is 4.13. The maximum atomic E-state index is 13.7. The minimum absolute atomic E-state index is 0.296. The quantitative estimate of drug-likeness (QED) is 0.724. The normalized spacial score (nSPS) is 22.9. The number of hydrogen-bond acceptors (Lipinski definition) is 4. The number of imide groups is 1. The number of carbonyl (C=O) groups is 2. The lowest BCUT2D eigenvalue weighted by atomic mass is 9.76. The van der Waals surface area contributed by atoms with E-state index in [1.54, 1.807) is 20.8 Å². The molecule has 0 radical (unpaired) electrons. The maximum Gasteiger partial charge on any atom is 0.417 e. The SMILES string of the molecule is CC(C)(C)OC(=O)N1C(=O)C2(CCN(Cc3ccccc3)CC2)C[C@H]1C(F)(F)F. The number of likely N-dealkylation sites (tertiary alicyclic amines) is 2. The second-order valence-corrected chi connectivity index (χ2v) is 8.96. The van der Waals surface area contributed by atoms with E-state index in [0.717, 1.165) is 5.56 Å². The third kappa shape index (κ3) is 4.74. The predicted molar refractivity (Wildman–Crippen MR) is 101 cm³/mol. The van der Waals surface area contributed by atoms with Crippen LogP contribution in [0, 0.1) is 5.41 Å². The Morgan fingerprint density at radius 1 is 1.14 bits per heavy atom. The molecule has 3 rings (SSSR count). The molecule has 2 saturated heterocycles. The van der Waals surface area contributed by atoms with Crippen molar-refractivity contribution in [3.63, 3.8) is 0 Å². The standard InChI is InChI=1S/C21H27F3N2O3/c1-19(2,3)29-18(28)26-16(21(22,23)24)13-20(17(26)27)9-11-25(12-10-20)14-15-7-5-4-6-8-15/h4-8,16H,9-14H2,1-3H3/t16-/m0/s1. The van der Waals surface area contributed by atoms with Crippen LogP contribution in [0.4, 0.5) is 18.0 Å². The van der Waals surface area contributed by atoms with Crippen LogP contribution in [0.25, 0.3) is 0 Å². The molecule has 1 aromatic carbocycles. The number of amides is 2. The number of piperidine rings is 1. The van der Waals surface area contributed by atoms with Crippen molar-refractivity contribution >= 4 is 12.0 Å². The summed E-state index contributed by atoms with van der Waals surface area (Å²) in [5.41, 5.74) is -1.03. The monoisotopic (exact) mass is 412 g/mol. The lowest BCUT2D eigenvalue weighted by Gasteiger charge is -2.37. The fraction of sp³-hybridized carbons (Fsp3) is 0.619. The Morgan fingerprint density at radius 3 is 2.24 bits per heavy atom. The van der Waals surface area contributed by atoms with Gasteiger partial charge in [0, 0.05) is 6.54 Å². The molecule has 5 nitrogen and oxygen atoms in total. The van der Waals surface area contributed by atoms with Crippen molar-refractivity contribution in [2.75, 3.05) is 13.1 Å². The third-order valence-electron chi connectivity index (χ3n) is 5.60. The van der Waals surface area contributed by atoms with Gasteiger partial charge in [-0.25, -0.2) is 9.69 Å². The summed E-state index contributed by atoms with van der Waals surface area (Å²) >= 11 is 0. The number of carbonyl (C=O) groups excluding carboxylic acids is 2. The lowest BCUT2D eigenvalue weighted by molar-refractivity contribution is -0.177. The molecule has 1 atom stereocenters. The number of halogens is 3. The van der Waals surface area contributed by atoms with E-state index < -0.39 is 41.7 Å². The van der Waals surface area contributed by atoms with Crippen LogP contribution in [0.1, 0.15) is 45.6 Å². The highest BCUT2D eigenvalue weighted by atomic mass is 19.4. The maximum absolute atomic E-state index is 13.7. The summed E-state index contributed by atoms with van der Waals surface area (Å²) in [5, 5.41) is 0. The van der Waals surface area contributed by atoms with Gasteiger partial charge in [0.15, 0.2) is 0 Å². The molecule has 0 unspecified atom stereocenters. The molecule has 2 amide bonds. The van der Waals surface area contributed by atoms with Crippen molar-refractivity contribution < 1.29 is 27.5 Å². The first kappa shape index (κ1) is 21.6. The molecule has 8 heteroatoms. The minimum atomic E-state index is -4.68. The Kier molecular flexibility index (Phi) is 5.69. The van der Waals surface area contributed by atoms with E-state index in [-0.39, 0.29) is 0 Å². The molecule has 0 saturated carbocycles. The van der Waals surface area contributed by atoms with Crippen molar-refractivity contribution in [1.29, 1.82) is 0 Å². The van der Waals surface area contributed by atoms with E-state index in [4.69, 9.17) is 4.74 Å². The summed E-state index contributed by atoms with van der Waals surface area (Å²) in [6, 6.07) is 7.66. The lowest BCUT2D eigenvalue weighted by Crippen LogP contribution is -2.50. The topological polar surface area (TPSA) is 49.9 Å². The molecule has 29 heavy (non-hydrogen) atoms. The summed E-state index contributed by atoms with van der Waals surface area (Å²) in [6.07, 6.45) is -5.70. The highest BCUT2D eigenvalue weighted by Crippen LogP contribution is 2.49. The van der Waals surface area contributed by atoms with Gasteiger partial charge in [-0.15, -0.1) is 0 Å².